The average molecular weight is 368 g/mol. The minimum absolute atomic E-state index is 0.0493. The number of hydrogen-bond acceptors (Lipinski definition) is 4. The van der Waals surface area contributed by atoms with Crippen molar-refractivity contribution in [2.75, 3.05) is 31.6 Å². The van der Waals surface area contributed by atoms with Crippen molar-refractivity contribution in [1.82, 2.24) is 4.90 Å². The lowest BCUT2D eigenvalue weighted by Gasteiger charge is -2.28. The highest BCUT2D eigenvalue weighted by Gasteiger charge is 2.19. The summed E-state index contributed by atoms with van der Waals surface area (Å²) in [5.41, 5.74) is 2.01. The summed E-state index contributed by atoms with van der Waals surface area (Å²) in [5.74, 6) is 0.653. The van der Waals surface area contributed by atoms with Gasteiger partial charge in [0, 0.05) is 13.1 Å². The zero-order valence-corrected chi connectivity index (χ0v) is 15.6. The summed E-state index contributed by atoms with van der Waals surface area (Å²) in [6.07, 6.45) is 3.12. The molecule has 27 heavy (non-hydrogen) atoms. The number of aryl methyl sites for hydroxylation is 1. The number of rotatable bonds is 8. The number of anilines is 1. The number of piperidine rings is 1. The van der Waals surface area contributed by atoms with Gasteiger partial charge >= 0.3 is 0 Å². The summed E-state index contributed by atoms with van der Waals surface area (Å²) >= 11 is 0. The molecule has 0 atom stereocenters. The van der Waals surface area contributed by atoms with Gasteiger partial charge in [0.05, 0.1) is 24.9 Å². The normalized spacial score (nSPS) is 15.4. The van der Waals surface area contributed by atoms with Gasteiger partial charge in [-0.1, -0.05) is 42.5 Å². The van der Waals surface area contributed by atoms with E-state index < -0.39 is 0 Å². The number of benzene rings is 2. The Balaban J connectivity index is 1.46. The molecular formula is C22H28N2O3. The average Bonchev–Trinajstić information content (AvgIpc) is 2.69. The molecule has 144 valence electrons. The van der Waals surface area contributed by atoms with E-state index in [1.54, 1.807) is 0 Å². The molecule has 1 aliphatic heterocycles. The summed E-state index contributed by atoms with van der Waals surface area (Å²) in [5, 5.41) is 12.5. The molecule has 0 bridgehead atoms. The van der Waals surface area contributed by atoms with Gasteiger partial charge in [-0.2, -0.15) is 0 Å². The second-order valence-corrected chi connectivity index (χ2v) is 6.99. The van der Waals surface area contributed by atoms with Crippen LogP contribution >= 0.6 is 0 Å². The predicted octanol–water partition coefficient (Wildman–Crippen LogP) is 3.09. The van der Waals surface area contributed by atoms with E-state index in [9.17, 15) is 9.90 Å². The minimum Gasteiger partial charge on any atom is -0.491 e. The van der Waals surface area contributed by atoms with Gasteiger partial charge in [-0.15, -0.1) is 0 Å². The van der Waals surface area contributed by atoms with Crippen molar-refractivity contribution in [3.05, 3.63) is 60.2 Å². The van der Waals surface area contributed by atoms with Gasteiger partial charge in [-0.05, 0) is 43.4 Å². The molecule has 2 aromatic rings. The first-order chi connectivity index (χ1) is 13.2. The molecule has 3 rings (SSSR count). The van der Waals surface area contributed by atoms with Gasteiger partial charge in [0.15, 0.2) is 0 Å². The molecule has 0 unspecified atom stereocenters. The molecule has 1 aliphatic rings. The Hall–Kier alpha value is -2.37. The Morgan fingerprint density at radius 1 is 1.07 bits per heavy atom. The third kappa shape index (κ3) is 6.38. The third-order valence-corrected chi connectivity index (χ3v) is 4.80. The lowest BCUT2D eigenvalue weighted by molar-refractivity contribution is -0.117. The molecular weight excluding hydrogens is 340 g/mol. The van der Waals surface area contributed by atoms with Crippen LogP contribution in [0.3, 0.4) is 0 Å². The molecule has 1 saturated heterocycles. The van der Waals surface area contributed by atoms with Crippen LogP contribution in [0.2, 0.25) is 0 Å². The largest absolute Gasteiger partial charge is 0.491 e. The Morgan fingerprint density at radius 3 is 2.56 bits per heavy atom. The van der Waals surface area contributed by atoms with Crippen molar-refractivity contribution in [3.8, 4) is 5.75 Å². The van der Waals surface area contributed by atoms with E-state index in [0.717, 1.165) is 38.8 Å². The highest BCUT2D eigenvalue weighted by Crippen LogP contribution is 2.24. The van der Waals surface area contributed by atoms with Crippen molar-refractivity contribution < 1.29 is 14.6 Å². The molecule has 0 saturated carbocycles. The molecule has 0 aliphatic carbocycles. The minimum atomic E-state index is -0.227. The molecule has 5 heteroatoms. The van der Waals surface area contributed by atoms with Crippen LogP contribution in [0.25, 0.3) is 0 Å². The first kappa shape index (κ1) is 19.4. The van der Waals surface area contributed by atoms with Crippen molar-refractivity contribution >= 4 is 11.6 Å². The smallest absolute Gasteiger partial charge is 0.238 e. The topological polar surface area (TPSA) is 61.8 Å². The van der Waals surface area contributed by atoms with Gasteiger partial charge in [-0.3, -0.25) is 9.69 Å². The van der Waals surface area contributed by atoms with E-state index in [1.165, 1.54) is 5.56 Å². The van der Waals surface area contributed by atoms with Gasteiger partial charge in [0.2, 0.25) is 5.91 Å². The first-order valence-electron chi connectivity index (χ1n) is 9.67. The van der Waals surface area contributed by atoms with Gasteiger partial charge in [-0.25, -0.2) is 0 Å². The zero-order chi connectivity index (χ0) is 18.9. The number of aliphatic hydroxyl groups excluding tert-OH is 1. The number of ether oxygens (including phenoxy) is 1. The predicted molar refractivity (Wildman–Crippen MR) is 107 cm³/mol. The van der Waals surface area contributed by atoms with Gasteiger partial charge < -0.3 is 15.2 Å². The maximum Gasteiger partial charge on any atom is 0.238 e. The molecule has 1 heterocycles. The monoisotopic (exact) mass is 368 g/mol. The SMILES string of the molecule is O=C(CN1CCC(O)CC1)Nc1ccccc1OCCCc1ccccc1. The molecule has 1 amide bonds. The zero-order valence-electron chi connectivity index (χ0n) is 15.6. The number of aliphatic hydroxyl groups is 1. The number of para-hydroxylation sites is 2. The number of nitrogens with zero attached hydrogens (tertiary/aromatic N) is 1. The van der Waals surface area contributed by atoms with Crippen LogP contribution in [-0.2, 0) is 11.2 Å². The van der Waals surface area contributed by atoms with Crippen LogP contribution in [0, 0.1) is 0 Å². The number of carbonyl (C=O) groups is 1. The van der Waals surface area contributed by atoms with Crippen LogP contribution in [0.15, 0.2) is 54.6 Å². The van der Waals surface area contributed by atoms with Crippen molar-refractivity contribution in [3.63, 3.8) is 0 Å². The van der Waals surface area contributed by atoms with Crippen LogP contribution in [-0.4, -0.2) is 48.3 Å². The number of nitrogens with one attached hydrogen (secondary N) is 1. The van der Waals surface area contributed by atoms with Crippen molar-refractivity contribution in [2.24, 2.45) is 0 Å². The van der Waals surface area contributed by atoms with E-state index in [1.807, 2.05) is 42.5 Å². The highest BCUT2D eigenvalue weighted by molar-refractivity contribution is 5.93. The summed E-state index contributed by atoms with van der Waals surface area (Å²) < 4.78 is 5.90. The summed E-state index contributed by atoms with van der Waals surface area (Å²) in [7, 11) is 0. The third-order valence-electron chi connectivity index (χ3n) is 4.80. The summed E-state index contributed by atoms with van der Waals surface area (Å²) in [6.45, 7) is 2.46. The standard InChI is InChI=1S/C22H28N2O3/c25-19-12-14-24(15-13-19)17-22(26)23-20-10-4-5-11-21(20)27-16-6-9-18-7-2-1-3-8-18/h1-5,7-8,10-11,19,25H,6,9,12-17H2,(H,23,26). The molecule has 2 aromatic carbocycles. The molecule has 0 aromatic heterocycles. The lowest BCUT2D eigenvalue weighted by atomic mass is 10.1. The lowest BCUT2D eigenvalue weighted by Crippen LogP contribution is -2.40. The Bertz CT molecular complexity index is 713. The fraction of sp³-hybridized carbons (Fsp3) is 0.409. The number of amides is 1. The van der Waals surface area contributed by atoms with Gasteiger partial charge in [0.1, 0.15) is 5.75 Å². The molecule has 5 nitrogen and oxygen atoms in total. The van der Waals surface area contributed by atoms with E-state index in [0.29, 0.717) is 24.6 Å². The fourth-order valence-electron chi connectivity index (χ4n) is 3.27. The maximum atomic E-state index is 12.4. The fourth-order valence-corrected chi connectivity index (χ4v) is 3.27. The maximum absolute atomic E-state index is 12.4. The summed E-state index contributed by atoms with van der Waals surface area (Å²) in [6, 6.07) is 17.9. The summed E-state index contributed by atoms with van der Waals surface area (Å²) in [4.78, 5) is 14.4. The second kappa shape index (κ2) is 10.1. The van der Waals surface area contributed by atoms with E-state index >= 15 is 0 Å². The van der Waals surface area contributed by atoms with Crippen molar-refractivity contribution in [2.45, 2.75) is 31.8 Å². The Morgan fingerprint density at radius 2 is 1.78 bits per heavy atom. The molecule has 0 radical (unpaired) electrons. The Kier molecular flexibility index (Phi) is 7.25. The van der Waals surface area contributed by atoms with E-state index in [-0.39, 0.29) is 12.0 Å². The molecule has 0 spiro atoms. The first-order valence-corrected chi connectivity index (χ1v) is 9.67. The van der Waals surface area contributed by atoms with Crippen molar-refractivity contribution in [1.29, 1.82) is 0 Å². The van der Waals surface area contributed by atoms with Crippen LogP contribution in [0.5, 0.6) is 5.75 Å². The van der Waals surface area contributed by atoms with Crippen LogP contribution in [0.4, 0.5) is 5.69 Å². The van der Waals surface area contributed by atoms with Crippen LogP contribution < -0.4 is 10.1 Å². The number of hydrogen-bond donors (Lipinski definition) is 2. The van der Waals surface area contributed by atoms with E-state index in [2.05, 4.69) is 22.3 Å². The van der Waals surface area contributed by atoms with Crippen LogP contribution in [0.1, 0.15) is 24.8 Å². The number of carbonyl (C=O) groups excluding carboxylic acids is 1. The highest BCUT2D eigenvalue weighted by atomic mass is 16.5. The quantitative estimate of drug-likeness (QED) is 0.703. The number of likely N-dealkylation sites (tertiary alicyclic amines) is 1. The molecule has 2 N–H and O–H groups in total. The second-order valence-electron chi connectivity index (χ2n) is 6.99. The Labute approximate surface area is 161 Å². The van der Waals surface area contributed by atoms with E-state index in [4.69, 9.17) is 4.74 Å². The van der Waals surface area contributed by atoms with Gasteiger partial charge in [0.25, 0.3) is 0 Å². The molecule has 1 fully saturated rings.